The summed E-state index contributed by atoms with van der Waals surface area (Å²) in [7, 11) is 2.26. The van der Waals surface area contributed by atoms with Crippen LogP contribution in [0.1, 0.15) is 51.9 Å². The van der Waals surface area contributed by atoms with Crippen LogP contribution in [-0.2, 0) is 0 Å². The van der Waals surface area contributed by atoms with Gasteiger partial charge in [-0.05, 0) is 57.5 Å². The fourth-order valence-corrected chi connectivity index (χ4v) is 3.79. The van der Waals surface area contributed by atoms with Crippen LogP contribution in [0.25, 0.3) is 0 Å². The lowest BCUT2D eigenvalue weighted by atomic mass is 9.81. The van der Waals surface area contributed by atoms with Gasteiger partial charge in [0.05, 0.1) is 6.10 Å². The third kappa shape index (κ3) is 4.73. The average molecular weight is 268 g/mol. The van der Waals surface area contributed by atoms with Crippen LogP contribution in [0.5, 0.6) is 0 Å². The van der Waals surface area contributed by atoms with E-state index in [0.29, 0.717) is 0 Å². The van der Waals surface area contributed by atoms with Crippen LogP contribution in [0.3, 0.4) is 0 Å². The van der Waals surface area contributed by atoms with Gasteiger partial charge in [-0.2, -0.15) is 0 Å². The summed E-state index contributed by atoms with van der Waals surface area (Å²) in [4.78, 5) is 2.51. The summed E-state index contributed by atoms with van der Waals surface area (Å²) < 4.78 is 0. The predicted molar refractivity (Wildman–Crippen MR) is 80.3 cm³/mol. The average Bonchev–Trinajstić information content (AvgIpc) is 2.36. The highest BCUT2D eigenvalue weighted by Crippen LogP contribution is 2.29. The molecule has 2 rings (SSSR count). The summed E-state index contributed by atoms with van der Waals surface area (Å²) in [5.74, 6) is 1.57. The molecule has 0 aromatic rings. The van der Waals surface area contributed by atoms with Crippen molar-refractivity contribution in [1.29, 1.82) is 0 Å². The molecule has 3 heteroatoms. The van der Waals surface area contributed by atoms with Crippen LogP contribution in [0.15, 0.2) is 0 Å². The molecule has 2 fully saturated rings. The molecule has 2 unspecified atom stereocenters. The van der Waals surface area contributed by atoms with Gasteiger partial charge in [-0.1, -0.05) is 19.8 Å². The van der Waals surface area contributed by atoms with E-state index in [9.17, 15) is 5.11 Å². The molecule has 2 saturated carbocycles. The zero-order valence-corrected chi connectivity index (χ0v) is 12.8. The summed E-state index contributed by atoms with van der Waals surface area (Å²) in [5, 5.41) is 13.1. The number of hydrogen-bond donors (Lipinski definition) is 2. The second-order valence-corrected chi connectivity index (χ2v) is 6.82. The van der Waals surface area contributed by atoms with Crippen molar-refractivity contribution in [1.82, 2.24) is 10.2 Å². The summed E-state index contributed by atoms with van der Waals surface area (Å²) >= 11 is 0. The molecule has 0 amide bonds. The van der Waals surface area contributed by atoms with Gasteiger partial charge in [-0.25, -0.2) is 0 Å². The maximum Gasteiger partial charge on any atom is 0.0546 e. The molecule has 0 saturated heterocycles. The Bertz CT molecular complexity index is 253. The first-order chi connectivity index (χ1) is 9.19. The highest BCUT2D eigenvalue weighted by Gasteiger charge is 2.30. The molecule has 112 valence electrons. The minimum atomic E-state index is -0.00736. The van der Waals surface area contributed by atoms with Crippen molar-refractivity contribution in [3.05, 3.63) is 0 Å². The van der Waals surface area contributed by atoms with Crippen LogP contribution in [0.2, 0.25) is 0 Å². The van der Waals surface area contributed by atoms with Gasteiger partial charge >= 0.3 is 0 Å². The number of aliphatic hydroxyl groups excluding tert-OH is 1. The van der Waals surface area contributed by atoms with E-state index in [1.807, 2.05) is 0 Å². The molecule has 0 aromatic heterocycles. The molecule has 19 heavy (non-hydrogen) atoms. The van der Waals surface area contributed by atoms with Gasteiger partial charge in [0, 0.05) is 19.1 Å². The highest BCUT2D eigenvalue weighted by atomic mass is 16.3. The smallest absolute Gasteiger partial charge is 0.0546 e. The molecule has 3 nitrogen and oxygen atoms in total. The van der Waals surface area contributed by atoms with Crippen molar-refractivity contribution >= 4 is 0 Å². The van der Waals surface area contributed by atoms with E-state index in [-0.39, 0.29) is 6.10 Å². The molecule has 0 heterocycles. The largest absolute Gasteiger partial charge is 0.393 e. The van der Waals surface area contributed by atoms with Crippen molar-refractivity contribution in [2.45, 2.75) is 64.0 Å². The summed E-state index contributed by atoms with van der Waals surface area (Å²) in [6.45, 7) is 5.82. The fourth-order valence-electron chi connectivity index (χ4n) is 3.79. The van der Waals surface area contributed by atoms with Crippen LogP contribution in [0.4, 0.5) is 0 Å². The van der Waals surface area contributed by atoms with Gasteiger partial charge in [0.15, 0.2) is 0 Å². The Hall–Kier alpha value is -0.120. The number of nitrogens with zero attached hydrogens (tertiary/aromatic N) is 1. The topological polar surface area (TPSA) is 35.5 Å². The summed E-state index contributed by atoms with van der Waals surface area (Å²) in [6.07, 6.45) is 8.83. The minimum absolute atomic E-state index is 0.00736. The first kappa shape index (κ1) is 15.3. The first-order valence-corrected chi connectivity index (χ1v) is 8.29. The van der Waals surface area contributed by atoms with E-state index in [1.54, 1.807) is 0 Å². The Morgan fingerprint density at radius 2 is 1.89 bits per heavy atom. The van der Waals surface area contributed by atoms with Crippen molar-refractivity contribution in [3.8, 4) is 0 Å². The molecule has 2 aliphatic rings. The molecule has 2 atom stereocenters. The van der Waals surface area contributed by atoms with E-state index in [0.717, 1.165) is 30.7 Å². The molecular formula is C16H32N2O. The Kier molecular flexibility index (Phi) is 6.11. The first-order valence-electron chi connectivity index (χ1n) is 8.29. The Balaban J connectivity index is 1.71. The van der Waals surface area contributed by atoms with Crippen LogP contribution < -0.4 is 5.32 Å². The monoisotopic (exact) mass is 268 g/mol. The van der Waals surface area contributed by atoms with Gasteiger partial charge in [0.1, 0.15) is 0 Å². The maximum absolute atomic E-state index is 9.36. The van der Waals surface area contributed by atoms with E-state index in [1.165, 1.54) is 51.7 Å². The van der Waals surface area contributed by atoms with E-state index in [2.05, 4.69) is 24.2 Å². The molecule has 0 aromatic carbocycles. The number of hydrogen-bond acceptors (Lipinski definition) is 3. The Morgan fingerprint density at radius 1 is 1.16 bits per heavy atom. The van der Waals surface area contributed by atoms with Gasteiger partial charge in [-0.3, -0.25) is 0 Å². The lowest BCUT2D eigenvalue weighted by Crippen LogP contribution is -2.45. The third-order valence-electron chi connectivity index (χ3n) is 4.89. The molecule has 0 spiro atoms. The quantitative estimate of drug-likeness (QED) is 0.743. The zero-order chi connectivity index (χ0) is 13.7. The number of nitrogens with one attached hydrogen (secondary N) is 1. The molecule has 0 aliphatic heterocycles. The van der Waals surface area contributed by atoms with Gasteiger partial charge in [0.25, 0.3) is 0 Å². The van der Waals surface area contributed by atoms with Crippen LogP contribution in [-0.4, -0.2) is 48.8 Å². The van der Waals surface area contributed by atoms with Gasteiger partial charge in [-0.15, -0.1) is 0 Å². The lowest BCUT2D eigenvalue weighted by molar-refractivity contribution is 0.0245. The van der Waals surface area contributed by atoms with Crippen molar-refractivity contribution < 1.29 is 5.11 Å². The third-order valence-corrected chi connectivity index (χ3v) is 4.89. The van der Waals surface area contributed by atoms with E-state index < -0.39 is 0 Å². The van der Waals surface area contributed by atoms with E-state index in [4.69, 9.17) is 0 Å². The minimum Gasteiger partial charge on any atom is -0.393 e. The zero-order valence-electron chi connectivity index (χ0n) is 12.8. The second kappa shape index (κ2) is 7.61. The maximum atomic E-state index is 9.36. The van der Waals surface area contributed by atoms with Gasteiger partial charge < -0.3 is 15.3 Å². The van der Waals surface area contributed by atoms with E-state index >= 15 is 0 Å². The molecule has 0 bridgehead atoms. The summed E-state index contributed by atoms with van der Waals surface area (Å²) in [5.41, 5.74) is 0. The Morgan fingerprint density at radius 3 is 2.58 bits per heavy atom. The fraction of sp³-hybridized carbons (Fsp3) is 1.00. The number of rotatable bonds is 7. The molecule has 2 aliphatic carbocycles. The normalized spacial score (nSPS) is 35.4. The van der Waals surface area contributed by atoms with Crippen molar-refractivity contribution in [3.63, 3.8) is 0 Å². The van der Waals surface area contributed by atoms with Gasteiger partial charge in [0.2, 0.25) is 0 Å². The Labute approximate surface area is 118 Å². The number of aliphatic hydroxyl groups is 1. The van der Waals surface area contributed by atoms with Crippen LogP contribution >= 0.6 is 0 Å². The van der Waals surface area contributed by atoms with Crippen molar-refractivity contribution in [2.75, 3.05) is 26.7 Å². The standard InChI is InChI=1S/C16H32N2O/c1-3-8-17-16-7-5-4-6-14(16)12-18(2)11-13-9-15(19)10-13/h13-17,19H,3-12H2,1-2H3. The lowest BCUT2D eigenvalue weighted by Gasteiger charge is -2.38. The highest BCUT2D eigenvalue weighted by molar-refractivity contribution is 4.85. The predicted octanol–water partition coefficient (Wildman–Crippen LogP) is 2.25. The van der Waals surface area contributed by atoms with Crippen LogP contribution in [0, 0.1) is 11.8 Å². The molecular weight excluding hydrogens is 236 g/mol. The second-order valence-electron chi connectivity index (χ2n) is 6.82. The summed E-state index contributed by atoms with van der Waals surface area (Å²) in [6, 6.07) is 0.739. The molecule has 0 radical (unpaired) electrons. The van der Waals surface area contributed by atoms with Crippen molar-refractivity contribution in [2.24, 2.45) is 11.8 Å². The molecule has 2 N–H and O–H groups in total. The SMILES string of the molecule is CCCNC1CCCCC1CN(C)CC1CC(O)C1.